The van der Waals surface area contributed by atoms with Crippen molar-refractivity contribution in [1.82, 2.24) is 4.90 Å². The van der Waals surface area contributed by atoms with Gasteiger partial charge in [0.15, 0.2) is 12.4 Å². The van der Waals surface area contributed by atoms with Crippen LogP contribution in [0.5, 0.6) is 0 Å². The van der Waals surface area contributed by atoms with Gasteiger partial charge in [-0.1, -0.05) is 42.8 Å². The molecule has 2 N–H and O–H groups in total. The van der Waals surface area contributed by atoms with Crippen molar-refractivity contribution in [2.24, 2.45) is 0 Å². The van der Waals surface area contributed by atoms with Gasteiger partial charge in [0.2, 0.25) is 0 Å². The lowest BCUT2D eigenvalue weighted by atomic mass is 9.99. The van der Waals surface area contributed by atoms with E-state index >= 15 is 0 Å². The zero-order chi connectivity index (χ0) is 25.5. The Labute approximate surface area is 212 Å². The summed E-state index contributed by atoms with van der Waals surface area (Å²) in [5.41, 5.74) is 3.39. The molecule has 2 fully saturated rings. The second-order valence-electron chi connectivity index (χ2n) is 9.57. The topological polar surface area (TPSA) is 97.3 Å². The number of piperidine rings is 1. The number of benzene rings is 2. The van der Waals surface area contributed by atoms with E-state index in [0.717, 1.165) is 42.7 Å². The molecule has 194 valence electrons. The second-order valence-corrected chi connectivity index (χ2v) is 9.57. The van der Waals surface area contributed by atoms with E-state index in [4.69, 9.17) is 14.2 Å². The number of aliphatic hydroxyl groups excluding tert-OH is 1. The Morgan fingerprint density at radius 1 is 1.03 bits per heavy atom. The molecular formula is C28H36N2O6. The number of hydrogen-bond acceptors (Lipinski definition) is 7. The molecule has 8 heteroatoms. The van der Waals surface area contributed by atoms with Crippen molar-refractivity contribution in [3.8, 4) is 0 Å². The summed E-state index contributed by atoms with van der Waals surface area (Å²) in [4.78, 5) is 25.8. The van der Waals surface area contributed by atoms with Crippen LogP contribution in [0, 0.1) is 0 Å². The largest absolute Gasteiger partial charge is 0.453 e. The molecule has 36 heavy (non-hydrogen) atoms. The Balaban J connectivity index is 1.46. The monoisotopic (exact) mass is 496 g/mol. The van der Waals surface area contributed by atoms with E-state index < -0.39 is 24.3 Å². The van der Waals surface area contributed by atoms with Crippen LogP contribution < -0.4 is 5.32 Å². The second kappa shape index (κ2) is 12.5. The number of aliphatic hydroxyl groups is 1. The highest BCUT2D eigenvalue weighted by molar-refractivity contribution is 5.94. The summed E-state index contributed by atoms with van der Waals surface area (Å²) in [6.45, 7) is 5.88. The summed E-state index contributed by atoms with van der Waals surface area (Å²) in [5, 5.41) is 12.2. The first-order chi connectivity index (χ1) is 17.4. The fraction of sp³-hybridized carbons (Fsp3) is 0.500. The van der Waals surface area contributed by atoms with Crippen LogP contribution in [-0.4, -0.2) is 53.7 Å². The van der Waals surface area contributed by atoms with Gasteiger partial charge in [0.05, 0.1) is 18.8 Å². The van der Waals surface area contributed by atoms with Gasteiger partial charge in [-0.3, -0.25) is 9.59 Å². The van der Waals surface area contributed by atoms with Crippen molar-refractivity contribution in [3.05, 3.63) is 65.2 Å². The molecule has 2 heterocycles. The minimum atomic E-state index is -0.874. The highest BCUT2D eigenvalue weighted by Gasteiger charge is 2.33. The van der Waals surface area contributed by atoms with E-state index in [-0.39, 0.29) is 18.8 Å². The zero-order valence-corrected chi connectivity index (χ0v) is 21.0. The van der Waals surface area contributed by atoms with E-state index in [2.05, 4.69) is 10.2 Å². The standard InChI is InChI=1S/C28H36N2O6/c1-19(34-20(2)32)27(33)29-24-12-10-23(11-13-24)28-35-25(17-30-14-4-3-5-15-30)16-26(36-28)22-8-6-21(18-31)7-9-22/h6-13,19,25-26,28,31H,3-5,14-18H2,1-2H3,(H,29,33). The first kappa shape index (κ1) is 26.3. The van der Waals surface area contributed by atoms with Gasteiger partial charge in [0, 0.05) is 31.1 Å². The van der Waals surface area contributed by atoms with Crippen molar-refractivity contribution < 1.29 is 28.9 Å². The van der Waals surface area contributed by atoms with Crippen LogP contribution in [0.1, 0.15) is 68.6 Å². The number of ether oxygens (including phenoxy) is 3. The average molecular weight is 497 g/mol. The molecule has 1 amide bonds. The lowest BCUT2D eigenvalue weighted by molar-refractivity contribution is -0.253. The van der Waals surface area contributed by atoms with Crippen molar-refractivity contribution in [2.45, 2.75) is 70.7 Å². The maximum atomic E-state index is 12.3. The van der Waals surface area contributed by atoms with Crippen molar-refractivity contribution in [3.63, 3.8) is 0 Å². The lowest BCUT2D eigenvalue weighted by Gasteiger charge is -2.39. The summed E-state index contributed by atoms with van der Waals surface area (Å²) in [7, 11) is 0. The molecule has 2 aliphatic heterocycles. The van der Waals surface area contributed by atoms with Crippen molar-refractivity contribution in [2.75, 3.05) is 25.0 Å². The number of nitrogens with one attached hydrogen (secondary N) is 1. The number of carbonyl (C=O) groups excluding carboxylic acids is 2. The molecule has 0 aromatic heterocycles. The fourth-order valence-electron chi connectivity index (χ4n) is 4.73. The molecule has 0 aliphatic carbocycles. The molecule has 0 radical (unpaired) electrons. The van der Waals surface area contributed by atoms with Crippen LogP contribution in [-0.2, 0) is 30.4 Å². The molecule has 2 saturated heterocycles. The van der Waals surface area contributed by atoms with Crippen LogP contribution in [0.25, 0.3) is 0 Å². The van der Waals surface area contributed by atoms with E-state index in [1.165, 1.54) is 33.1 Å². The van der Waals surface area contributed by atoms with Gasteiger partial charge in [-0.2, -0.15) is 0 Å². The smallest absolute Gasteiger partial charge is 0.303 e. The number of esters is 1. The Hall–Kier alpha value is -2.78. The van der Waals surface area contributed by atoms with E-state index in [9.17, 15) is 14.7 Å². The number of likely N-dealkylation sites (tertiary alicyclic amines) is 1. The quantitative estimate of drug-likeness (QED) is 0.531. The van der Waals surface area contributed by atoms with Gasteiger partial charge in [-0.05, 0) is 56.1 Å². The van der Waals surface area contributed by atoms with Crippen LogP contribution in [0.15, 0.2) is 48.5 Å². The van der Waals surface area contributed by atoms with Crippen LogP contribution in [0.2, 0.25) is 0 Å². The van der Waals surface area contributed by atoms with E-state index in [1.807, 2.05) is 36.4 Å². The van der Waals surface area contributed by atoms with Crippen molar-refractivity contribution >= 4 is 17.6 Å². The summed E-state index contributed by atoms with van der Waals surface area (Å²) < 4.78 is 17.8. The third kappa shape index (κ3) is 7.13. The molecule has 8 nitrogen and oxygen atoms in total. The Bertz CT molecular complexity index is 1000. The fourth-order valence-corrected chi connectivity index (χ4v) is 4.73. The number of carbonyl (C=O) groups is 2. The summed E-state index contributed by atoms with van der Waals surface area (Å²) in [5.74, 6) is -0.893. The number of rotatable bonds is 8. The molecule has 4 rings (SSSR count). The lowest BCUT2D eigenvalue weighted by Crippen LogP contribution is -2.41. The molecular weight excluding hydrogens is 460 g/mol. The molecule has 4 atom stereocenters. The summed E-state index contributed by atoms with van der Waals surface area (Å²) >= 11 is 0. The number of hydrogen-bond donors (Lipinski definition) is 2. The predicted octanol–water partition coefficient (Wildman–Crippen LogP) is 4.10. The van der Waals surface area contributed by atoms with Crippen molar-refractivity contribution in [1.29, 1.82) is 0 Å². The summed E-state index contributed by atoms with van der Waals surface area (Å²) in [6.07, 6.45) is 2.97. The zero-order valence-electron chi connectivity index (χ0n) is 21.0. The number of amides is 1. The molecule has 2 aromatic carbocycles. The number of nitrogens with zero attached hydrogens (tertiary/aromatic N) is 1. The minimum absolute atomic E-state index is 0.0116. The Morgan fingerprint density at radius 2 is 1.69 bits per heavy atom. The third-order valence-corrected chi connectivity index (χ3v) is 6.69. The van der Waals surface area contributed by atoms with E-state index in [0.29, 0.717) is 5.69 Å². The molecule has 0 spiro atoms. The normalized spacial score (nSPS) is 23.6. The molecule has 0 bridgehead atoms. The predicted molar refractivity (Wildman–Crippen MR) is 135 cm³/mol. The summed E-state index contributed by atoms with van der Waals surface area (Å²) in [6, 6.07) is 15.2. The van der Waals surface area contributed by atoms with Gasteiger partial charge >= 0.3 is 5.97 Å². The average Bonchev–Trinajstić information content (AvgIpc) is 2.89. The Kier molecular flexibility index (Phi) is 9.09. The van der Waals surface area contributed by atoms with Gasteiger partial charge in [-0.15, -0.1) is 0 Å². The molecule has 2 aromatic rings. The highest BCUT2D eigenvalue weighted by atomic mass is 16.7. The Morgan fingerprint density at radius 3 is 2.33 bits per heavy atom. The van der Waals surface area contributed by atoms with Crippen LogP contribution >= 0.6 is 0 Å². The SMILES string of the molecule is CC(=O)OC(C)C(=O)Nc1ccc(C2OC(CN3CCCCC3)CC(c3ccc(CO)cc3)O2)cc1. The number of anilines is 1. The van der Waals surface area contributed by atoms with Crippen LogP contribution in [0.4, 0.5) is 5.69 Å². The van der Waals surface area contributed by atoms with Crippen LogP contribution in [0.3, 0.4) is 0 Å². The third-order valence-electron chi connectivity index (χ3n) is 6.69. The maximum absolute atomic E-state index is 12.3. The maximum Gasteiger partial charge on any atom is 0.303 e. The highest BCUT2D eigenvalue weighted by Crippen LogP contribution is 2.38. The van der Waals surface area contributed by atoms with Gasteiger partial charge in [-0.25, -0.2) is 0 Å². The van der Waals surface area contributed by atoms with Gasteiger partial charge < -0.3 is 29.5 Å². The molecule has 2 aliphatic rings. The first-order valence-electron chi connectivity index (χ1n) is 12.7. The first-order valence-corrected chi connectivity index (χ1v) is 12.7. The van der Waals surface area contributed by atoms with E-state index in [1.54, 1.807) is 12.1 Å². The van der Waals surface area contributed by atoms with Gasteiger partial charge in [0.1, 0.15) is 0 Å². The molecule has 4 unspecified atom stereocenters. The minimum Gasteiger partial charge on any atom is -0.453 e. The van der Waals surface area contributed by atoms with Gasteiger partial charge in [0.25, 0.3) is 5.91 Å². The molecule has 0 saturated carbocycles.